The minimum atomic E-state index is -0.113. The molecule has 1 aromatic carbocycles. The largest absolute Gasteiger partial charge is 0.310 e. The average molecular weight is 289 g/mol. The van der Waals surface area contributed by atoms with Crippen LogP contribution in [0.25, 0.3) is 0 Å². The number of aromatic nitrogens is 2. The molecule has 5 heteroatoms. The standard InChI is InChI=1S/C15H19N3OS/c1-10(2)16-9-12-6-4-5-7-13(12)20-15-17-11(3)8-14(19)18-15/h4-8,10,16H,9H2,1-3H3,(H,17,18,19). The summed E-state index contributed by atoms with van der Waals surface area (Å²) >= 11 is 1.49. The number of hydrogen-bond acceptors (Lipinski definition) is 4. The Morgan fingerprint density at radius 1 is 1.35 bits per heavy atom. The van der Waals surface area contributed by atoms with Crippen molar-refractivity contribution in [3.05, 3.63) is 51.9 Å². The fourth-order valence-electron chi connectivity index (χ4n) is 1.77. The second-order valence-electron chi connectivity index (χ2n) is 4.94. The van der Waals surface area contributed by atoms with Crippen molar-refractivity contribution in [2.75, 3.05) is 0 Å². The van der Waals surface area contributed by atoms with Crippen molar-refractivity contribution in [3.8, 4) is 0 Å². The molecule has 0 unspecified atom stereocenters. The van der Waals surface area contributed by atoms with E-state index < -0.39 is 0 Å². The quantitative estimate of drug-likeness (QED) is 0.831. The van der Waals surface area contributed by atoms with Crippen molar-refractivity contribution >= 4 is 11.8 Å². The van der Waals surface area contributed by atoms with Crippen LogP contribution < -0.4 is 10.9 Å². The molecule has 0 atom stereocenters. The molecule has 0 aliphatic heterocycles. The molecule has 4 nitrogen and oxygen atoms in total. The van der Waals surface area contributed by atoms with Crippen molar-refractivity contribution in [1.82, 2.24) is 15.3 Å². The number of H-pyrrole nitrogens is 1. The van der Waals surface area contributed by atoms with Gasteiger partial charge in [-0.05, 0) is 18.6 Å². The molecule has 0 amide bonds. The third kappa shape index (κ3) is 4.21. The molecule has 0 spiro atoms. The van der Waals surface area contributed by atoms with E-state index >= 15 is 0 Å². The zero-order valence-electron chi connectivity index (χ0n) is 11.9. The van der Waals surface area contributed by atoms with Crippen molar-refractivity contribution in [1.29, 1.82) is 0 Å². The SMILES string of the molecule is Cc1cc(=O)[nH]c(Sc2ccccc2CNC(C)C)n1. The van der Waals surface area contributed by atoms with E-state index in [1.807, 2.05) is 25.1 Å². The highest BCUT2D eigenvalue weighted by atomic mass is 32.2. The van der Waals surface area contributed by atoms with Gasteiger partial charge < -0.3 is 10.3 Å². The van der Waals surface area contributed by atoms with Gasteiger partial charge in [0.05, 0.1) is 0 Å². The number of hydrogen-bond donors (Lipinski definition) is 2. The highest BCUT2D eigenvalue weighted by Crippen LogP contribution is 2.27. The Kier molecular flexibility index (Phi) is 4.98. The van der Waals surface area contributed by atoms with Crippen LogP contribution in [-0.2, 0) is 6.54 Å². The minimum Gasteiger partial charge on any atom is -0.310 e. The fraction of sp³-hybridized carbons (Fsp3) is 0.333. The van der Waals surface area contributed by atoms with E-state index in [0.717, 1.165) is 17.1 Å². The molecule has 2 rings (SSSR count). The molecule has 2 aromatic rings. The third-order valence-electron chi connectivity index (χ3n) is 2.73. The molecule has 106 valence electrons. The van der Waals surface area contributed by atoms with E-state index in [2.05, 4.69) is 35.2 Å². The molecule has 2 N–H and O–H groups in total. The van der Waals surface area contributed by atoms with Gasteiger partial charge in [0.1, 0.15) is 0 Å². The van der Waals surface area contributed by atoms with Gasteiger partial charge in [-0.3, -0.25) is 4.79 Å². The molecule has 0 bridgehead atoms. The second-order valence-corrected chi connectivity index (χ2v) is 5.97. The first-order valence-corrected chi connectivity index (χ1v) is 7.43. The maximum atomic E-state index is 11.5. The highest BCUT2D eigenvalue weighted by molar-refractivity contribution is 7.99. The van der Waals surface area contributed by atoms with Crippen molar-refractivity contribution in [2.45, 2.75) is 43.4 Å². The summed E-state index contributed by atoms with van der Waals surface area (Å²) in [7, 11) is 0. The molecular weight excluding hydrogens is 270 g/mol. The Morgan fingerprint density at radius 3 is 2.80 bits per heavy atom. The van der Waals surface area contributed by atoms with Crippen LogP contribution in [0, 0.1) is 6.92 Å². The van der Waals surface area contributed by atoms with Gasteiger partial charge in [0.2, 0.25) is 0 Å². The van der Waals surface area contributed by atoms with Crippen LogP contribution in [0.5, 0.6) is 0 Å². The van der Waals surface area contributed by atoms with Crippen molar-refractivity contribution < 1.29 is 0 Å². The molecular formula is C15H19N3OS. The lowest BCUT2D eigenvalue weighted by Gasteiger charge is -2.12. The Bertz CT molecular complexity index is 637. The molecule has 1 aromatic heterocycles. The number of aryl methyl sites for hydroxylation is 1. The Morgan fingerprint density at radius 2 is 2.10 bits per heavy atom. The smallest absolute Gasteiger partial charge is 0.251 e. The fourth-order valence-corrected chi connectivity index (χ4v) is 2.74. The van der Waals surface area contributed by atoms with Crippen molar-refractivity contribution in [3.63, 3.8) is 0 Å². The van der Waals surface area contributed by atoms with E-state index in [0.29, 0.717) is 11.2 Å². The maximum Gasteiger partial charge on any atom is 0.251 e. The monoisotopic (exact) mass is 289 g/mol. The Labute approximate surface area is 123 Å². The zero-order valence-corrected chi connectivity index (χ0v) is 12.8. The summed E-state index contributed by atoms with van der Waals surface area (Å²) in [6.45, 7) is 6.87. The van der Waals surface area contributed by atoms with Gasteiger partial charge in [-0.2, -0.15) is 0 Å². The summed E-state index contributed by atoms with van der Waals surface area (Å²) in [5.74, 6) is 0. The summed E-state index contributed by atoms with van der Waals surface area (Å²) in [5, 5.41) is 4.04. The Hall–Kier alpha value is -1.59. The van der Waals surface area contributed by atoms with Gasteiger partial charge in [0.25, 0.3) is 5.56 Å². The van der Waals surface area contributed by atoms with E-state index in [4.69, 9.17) is 0 Å². The highest BCUT2D eigenvalue weighted by Gasteiger charge is 2.07. The molecule has 20 heavy (non-hydrogen) atoms. The summed E-state index contributed by atoms with van der Waals surface area (Å²) in [5.41, 5.74) is 1.82. The number of benzene rings is 1. The normalized spacial score (nSPS) is 11.0. The molecule has 0 aliphatic rings. The topological polar surface area (TPSA) is 57.8 Å². The minimum absolute atomic E-state index is 0.113. The predicted octanol–water partition coefficient (Wildman–Crippen LogP) is 2.73. The van der Waals surface area contributed by atoms with E-state index in [9.17, 15) is 4.79 Å². The summed E-state index contributed by atoms with van der Waals surface area (Å²) in [4.78, 5) is 19.7. The Balaban J connectivity index is 2.22. The molecule has 0 aliphatic carbocycles. The van der Waals surface area contributed by atoms with E-state index in [-0.39, 0.29) is 5.56 Å². The van der Waals surface area contributed by atoms with Crippen LogP contribution in [0.3, 0.4) is 0 Å². The lowest BCUT2D eigenvalue weighted by molar-refractivity contribution is 0.584. The van der Waals surface area contributed by atoms with Gasteiger partial charge >= 0.3 is 0 Å². The first kappa shape index (κ1) is 14.8. The van der Waals surface area contributed by atoms with E-state index in [1.165, 1.54) is 23.4 Å². The van der Waals surface area contributed by atoms with Gasteiger partial charge in [0.15, 0.2) is 5.16 Å². The molecule has 0 saturated carbocycles. The first-order chi connectivity index (χ1) is 9.54. The van der Waals surface area contributed by atoms with Crippen LogP contribution >= 0.6 is 11.8 Å². The maximum absolute atomic E-state index is 11.5. The van der Waals surface area contributed by atoms with Gasteiger partial charge in [-0.15, -0.1) is 0 Å². The van der Waals surface area contributed by atoms with Crippen LogP contribution in [0.2, 0.25) is 0 Å². The van der Waals surface area contributed by atoms with Crippen LogP contribution in [0.15, 0.2) is 45.2 Å². The van der Waals surface area contributed by atoms with E-state index in [1.54, 1.807) is 0 Å². The van der Waals surface area contributed by atoms with Crippen LogP contribution in [0.4, 0.5) is 0 Å². The van der Waals surface area contributed by atoms with Gasteiger partial charge in [-0.25, -0.2) is 4.98 Å². The zero-order chi connectivity index (χ0) is 14.5. The first-order valence-electron chi connectivity index (χ1n) is 6.61. The van der Waals surface area contributed by atoms with Gasteiger partial charge in [-0.1, -0.05) is 43.8 Å². The number of aromatic amines is 1. The summed E-state index contributed by atoms with van der Waals surface area (Å²) in [6.07, 6.45) is 0. The molecule has 0 saturated heterocycles. The second kappa shape index (κ2) is 6.72. The number of rotatable bonds is 5. The number of nitrogens with zero attached hydrogens (tertiary/aromatic N) is 1. The lowest BCUT2D eigenvalue weighted by atomic mass is 10.2. The van der Waals surface area contributed by atoms with Crippen molar-refractivity contribution in [2.24, 2.45) is 0 Å². The van der Waals surface area contributed by atoms with Crippen LogP contribution in [0.1, 0.15) is 25.1 Å². The average Bonchev–Trinajstić information content (AvgIpc) is 2.36. The van der Waals surface area contributed by atoms with Crippen LogP contribution in [-0.4, -0.2) is 16.0 Å². The molecule has 0 fully saturated rings. The molecule has 0 radical (unpaired) electrons. The summed E-state index contributed by atoms with van der Waals surface area (Å²) < 4.78 is 0. The number of nitrogens with one attached hydrogen (secondary N) is 2. The summed E-state index contributed by atoms with van der Waals surface area (Å²) in [6, 6.07) is 10.1. The van der Waals surface area contributed by atoms with Gasteiger partial charge in [0, 0.05) is 29.2 Å². The third-order valence-corrected chi connectivity index (χ3v) is 3.73. The lowest BCUT2D eigenvalue weighted by Crippen LogP contribution is -2.22. The predicted molar refractivity (Wildman–Crippen MR) is 82.1 cm³/mol. The molecule has 1 heterocycles.